The van der Waals surface area contributed by atoms with Crippen LogP contribution >= 0.6 is 23.1 Å². The lowest BCUT2D eigenvalue weighted by molar-refractivity contribution is -0.113. The molecule has 0 fully saturated rings. The number of rotatable bonds is 6. The number of aryl methyl sites for hydroxylation is 2. The fraction of sp³-hybridized carbons (Fsp3) is 0.278. The van der Waals surface area contributed by atoms with Crippen molar-refractivity contribution >= 4 is 34.7 Å². The van der Waals surface area contributed by atoms with Gasteiger partial charge in [0.2, 0.25) is 5.91 Å². The molecular formula is C18H20N4OS2. The lowest BCUT2D eigenvalue weighted by Crippen LogP contribution is -2.15. The van der Waals surface area contributed by atoms with E-state index in [1.807, 2.05) is 35.9 Å². The van der Waals surface area contributed by atoms with E-state index in [1.165, 1.54) is 16.6 Å². The number of carbonyl (C=O) groups is 1. The zero-order valence-corrected chi connectivity index (χ0v) is 16.1. The molecule has 0 bridgehead atoms. The minimum Gasteiger partial charge on any atom is -0.325 e. The van der Waals surface area contributed by atoms with Gasteiger partial charge in [0.15, 0.2) is 11.0 Å². The monoisotopic (exact) mass is 372 g/mol. The van der Waals surface area contributed by atoms with E-state index in [0.29, 0.717) is 5.75 Å². The van der Waals surface area contributed by atoms with Crippen molar-refractivity contribution in [2.24, 2.45) is 7.05 Å². The maximum absolute atomic E-state index is 12.3. The van der Waals surface area contributed by atoms with E-state index in [-0.39, 0.29) is 5.91 Å². The number of nitrogens with zero attached hydrogens (tertiary/aromatic N) is 3. The number of hydrogen-bond acceptors (Lipinski definition) is 5. The van der Waals surface area contributed by atoms with Crippen molar-refractivity contribution in [3.8, 4) is 11.4 Å². The molecule has 0 aliphatic heterocycles. The summed E-state index contributed by atoms with van der Waals surface area (Å²) in [6.07, 6.45) is 0.885. The van der Waals surface area contributed by atoms with Gasteiger partial charge in [-0.2, -0.15) is 0 Å². The van der Waals surface area contributed by atoms with Crippen LogP contribution in [-0.2, 0) is 18.3 Å². The molecule has 0 saturated heterocycles. The Kier molecular flexibility index (Phi) is 5.55. The number of nitrogens with one attached hydrogen (secondary N) is 1. The third-order valence-electron chi connectivity index (χ3n) is 3.83. The summed E-state index contributed by atoms with van der Waals surface area (Å²) >= 11 is 3.08. The number of hydrogen-bond donors (Lipinski definition) is 1. The first-order chi connectivity index (χ1) is 12.1. The molecule has 1 aromatic carbocycles. The van der Waals surface area contributed by atoms with Crippen LogP contribution in [0.3, 0.4) is 0 Å². The van der Waals surface area contributed by atoms with Crippen LogP contribution in [0, 0.1) is 6.92 Å². The van der Waals surface area contributed by atoms with Gasteiger partial charge < -0.3 is 9.88 Å². The van der Waals surface area contributed by atoms with Gasteiger partial charge in [-0.15, -0.1) is 21.5 Å². The zero-order chi connectivity index (χ0) is 17.8. The first kappa shape index (κ1) is 17.7. The Hall–Kier alpha value is -2.12. The van der Waals surface area contributed by atoms with E-state index in [0.717, 1.165) is 34.2 Å². The smallest absolute Gasteiger partial charge is 0.234 e. The highest BCUT2D eigenvalue weighted by Gasteiger charge is 2.14. The van der Waals surface area contributed by atoms with Gasteiger partial charge in [-0.25, -0.2) is 0 Å². The van der Waals surface area contributed by atoms with E-state index in [1.54, 1.807) is 11.3 Å². The van der Waals surface area contributed by atoms with Gasteiger partial charge >= 0.3 is 0 Å². The highest BCUT2D eigenvalue weighted by Crippen LogP contribution is 2.26. The van der Waals surface area contributed by atoms with Crippen molar-refractivity contribution in [1.82, 2.24) is 14.8 Å². The highest BCUT2D eigenvalue weighted by molar-refractivity contribution is 7.99. The number of thioether (sulfide) groups is 1. The number of thiophene rings is 1. The van der Waals surface area contributed by atoms with Crippen molar-refractivity contribution in [3.05, 3.63) is 46.2 Å². The van der Waals surface area contributed by atoms with E-state index in [9.17, 15) is 4.79 Å². The Bertz CT molecular complexity index is 885. The molecule has 0 atom stereocenters. The molecule has 25 heavy (non-hydrogen) atoms. The predicted octanol–water partition coefficient (Wildman–Crippen LogP) is 4.15. The number of aromatic nitrogens is 3. The fourth-order valence-electron chi connectivity index (χ4n) is 2.52. The van der Waals surface area contributed by atoms with E-state index in [2.05, 4.69) is 40.8 Å². The van der Waals surface area contributed by atoms with Crippen LogP contribution in [0.5, 0.6) is 0 Å². The second-order valence-electron chi connectivity index (χ2n) is 5.66. The summed E-state index contributed by atoms with van der Waals surface area (Å²) < 4.78 is 1.93. The van der Waals surface area contributed by atoms with Gasteiger partial charge in [-0.1, -0.05) is 36.9 Å². The Morgan fingerprint density at radius 3 is 2.84 bits per heavy atom. The van der Waals surface area contributed by atoms with Crippen molar-refractivity contribution in [3.63, 3.8) is 0 Å². The molecule has 0 saturated carbocycles. The van der Waals surface area contributed by atoms with Crippen LogP contribution in [0.15, 0.2) is 40.9 Å². The predicted molar refractivity (Wildman–Crippen MR) is 104 cm³/mol. The second kappa shape index (κ2) is 7.84. The van der Waals surface area contributed by atoms with Crippen LogP contribution in [-0.4, -0.2) is 26.4 Å². The van der Waals surface area contributed by atoms with E-state index < -0.39 is 0 Å². The first-order valence-corrected chi connectivity index (χ1v) is 9.90. The van der Waals surface area contributed by atoms with Gasteiger partial charge in [-0.3, -0.25) is 4.79 Å². The Balaban J connectivity index is 1.64. The minimum absolute atomic E-state index is 0.0400. The Morgan fingerprint density at radius 1 is 1.32 bits per heavy atom. The average Bonchev–Trinajstić information content (AvgIpc) is 3.19. The number of benzene rings is 1. The Labute approximate surface area is 155 Å². The molecule has 2 heterocycles. The topological polar surface area (TPSA) is 59.8 Å². The lowest BCUT2D eigenvalue weighted by atomic mass is 10.1. The molecule has 0 spiro atoms. The molecule has 0 aliphatic carbocycles. The van der Waals surface area contributed by atoms with Gasteiger partial charge in [0.05, 0.1) is 5.75 Å². The zero-order valence-electron chi connectivity index (χ0n) is 14.4. The summed E-state index contributed by atoms with van der Waals surface area (Å²) in [6, 6.07) is 9.97. The lowest BCUT2D eigenvalue weighted by Gasteiger charge is -2.09. The van der Waals surface area contributed by atoms with Crippen LogP contribution in [0.1, 0.15) is 17.4 Å². The maximum atomic E-state index is 12.3. The third-order valence-corrected chi connectivity index (χ3v) is 5.71. The number of para-hydroxylation sites is 1. The van der Waals surface area contributed by atoms with Crippen LogP contribution in [0.25, 0.3) is 11.4 Å². The molecule has 0 radical (unpaired) electrons. The van der Waals surface area contributed by atoms with Gasteiger partial charge in [0.25, 0.3) is 0 Å². The molecule has 3 aromatic rings. The van der Waals surface area contributed by atoms with Crippen molar-refractivity contribution < 1.29 is 4.79 Å². The summed E-state index contributed by atoms with van der Waals surface area (Å²) in [6.45, 7) is 4.14. The largest absolute Gasteiger partial charge is 0.325 e. The van der Waals surface area contributed by atoms with Crippen LogP contribution < -0.4 is 5.32 Å². The minimum atomic E-state index is -0.0400. The highest BCUT2D eigenvalue weighted by atomic mass is 32.2. The summed E-state index contributed by atoms with van der Waals surface area (Å²) in [7, 11) is 1.93. The normalized spacial score (nSPS) is 10.8. The quantitative estimate of drug-likeness (QED) is 0.661. The second-order valence-corrected chi connectivity index (χ2v) is 7.72. The molecule has 0 unspecified atom stereocenters. The summed E-state index contributed by atoms with van der Waals surface area (Å²) in [4.78, 5) is 13.5. The molecule has 1 N–H and O–H groups in total. The summed E-state index contributed by atoms with van der Waals surface area (Å²) in [5.74, 6) is 1.08. The van der Waals surface area contributed by atoms with Crippen molar-refractivity contribution in [1.29, 1.82) is 0 Å². The van der Waals surface area contributed by atoms with Gasteiger partial charge in [-0.05, 0) is 31.0 Å². The molecule has 5 nitrogen and oxygen atoms in total. The number of amides is 1. The maximum Gasteiger partial charge on any atom is 0.234 e. The molecule has 2 aromatic heterocycles. The molecule has 1 amide bonds. The van der Waals surface area contributed by atoms with E-state index >= 15 is 0 Å². The Morgan fingerprint density at radius 2 is 2.12 bits per heavy atom. The van der Waals surface area contributed by atoms with Gasteiger partial charge in [0.1, 0.15) is 0 Å². The fourth-order valence-corrected chi connectivity index (χ4v) is 3.91. The SMILES string of the molecule is CCc1ccccc1NC(=O)CSc1nnc(-c2csc(C)c2)n1C. The molecule has 0 aliphatic rings. The molecule has 130 valence electrons. The molecule has 7 heteroatoms. The number of anilines is 1. The number of carbonyl (C=O) groups excluding carboxylic acids is 1. The van der Waals surface area contributed by atoms with Gasteiger partial charge in [0, 0.05) is 28.6 Å². The van der Waals surface area contributed by atoms with Crippen LogP contribution in [0.4, 0.5) is 5.69 Å². The average molecular weight is 373 g/mol. The summed E-state index contributed by atoms with van der Waals surface area (Å²) in [5.41, 5.74) is 3.07. The summed E-state index contributed by atoms with van der Waals surface area (Å²) in [5, 5.41) is 14.3. The first-order valence-electron chi connectivity index (χ1n) is 8.04. The van der Waals surface area contributed by atoms with Crippen molar-refractivity contribution in [2.75, 3.05) is 11.1 Å². The van der Waals surface area contributed by atoms with Crippen LogP contribution in [0.2, 0.25) is 0 Å². The molecular weight excluding hydrogens is 352 g/mol. The van der Waals surface area contributed by atoms with E-state index in [4.69, 9.17) is 0 Å². The van der Waals surface area contributed by atoms with Crippen molar-refractivity contribution in [2.45, 2.75) is 25.4 Å². The standard InChI is InChI=1S/C18H20N4OS2/c1-4-13-7-5-6-8-15(13)19-16(23)11-25-18-21-20-17(22(18)3)14-9-12(2)24-10-14/h5-10H,4,11H2,1-3H3,(H,19,23). The molecule has 3 rings (SSSR count). The third kappa shape index (κ3) is 4.11.